The van der Waals surface area contributed by atoms with Crippen molar-refractivity contribution < 1.29 is 18.9 Å². The van der Waals surface area contributed by atoms with Crippen molar-refractivity contribution in [1.29, 1.82) is 0 Å². The summed E-state index contributed by atoms with van der Waals surface area (Å²) >= 11 is 0. The third-order valence-electron chi connectivity index (χ3n) is 2.34. The topological polar surface area (TPSA) is 127 Å². The Bertz CT molecular complexity index is 562. The van der Waals surface area contributed by atoms with E-state index in [2.05, 4.69) is 10.6 Å². The Labute approximate surface area is 113 Å². The van der Waals surface area contributed by atoms with Gasteiger partial charge < -0.3 is 16.4 Å². The van der Waals surface area contributed by atoms with Crippen LogP contribution in [0.15, 0.2) is 12.1 Å². The van der Waals surface area contributed by atoms with Crippen LogP contribution < -0.4 is 16.4 Å². The number of halogens is 1. The van der Waals surface area contributed by atoms with Gasteiger partial charge in [0.2, 0.25) is 5.91 Å². The number of amides is 2. The summed E-state index contributed by atoms with van der Waals surface area (Å²) in [6.07, 6.45) is 0. The predicted molar refractivity (Wildman–Crippen MR) is 68.5 cm³/mol. The normalized spacial score (nSPS) is 9.90. The second kappa shape index (κ2) is 6.45. The molecule has 0 saturated carbocycles. The molecule has 0 spiro atoms. The number of nitro benzene ring substituents is 1. The SMILES string of the molecule is CC(=O)NCCNC(=O)c1cc(N)c(F)cc1[N+](=O)[O-]. The van der Waals surface area contributed by atoms with Gasteiger partial charge >= 0.3 is 0 Å². The first kappa shape index (κ1) is 15.3. The number of hydrogen-bond donors (Lipinski definition) is 3. The van der Waals surface area contributed by atoms with E-state index in [1.54, 1.807) is 0 Å². The van der Waals surface area contributed by atoms with Crippen LogP contribution in [-0.4, -0.2) is 29.8 Å². The van der Waals surface area contributed by atoms with Crippen molar-refractivity contribution in [2.24, 2.45) is 0 Å². The van der Waals surface area contributed by atoms with Crippen LogP contribution >= 0.6 is 0 Å². The zero-order valence-electron chi connectivity index (χ0n) is 10.6. The molecule has 0 radical (unpaired) electrons. The Kier molecular flexibility index (Phi) is 4.95. The molecule has 4 N–H and O–H groups in total. The van der Waals surface area contributed by atoms with Gasteiger partial charge in [0.05, 0.1) is 16.7 Å². The number of nitrogens with one attached hydrogen (secondary N) is 2. The Balaban J connectivity index is 2.84. The molecule has 1 aromatic rings. The van der Waals surface area contributed by atoms with Crippen molar-refractivity contribution in [2.45, 2.75) is 6.92 Å². The maximum Gasteiger partial charge on any atom is 0.285 e. The van der Waals surface area contributed by atoms with Crippen LogP contribution in [0, 0.1) is 15.9 Å². The Morgan fingerprint density at radius 2 is 1.95 bits per heavy atom. The van der Waals surface area contributed by atoms with Crippen LogP contribution in [0.1, 0.15) is 17.3 Å². The highest BCUT2D eigenvalue weighted by molar-refractivity contribution is 5.99. The van der Waals surface area contributed by atoms with Crippen LogP contribution in [0.5, 0.6) is 0 Å². The summed E-state index contributed by atoms with van der Waals surface area (Å²) in [6, 6.07) is 1.50. The highest BCUT2D eigenvalue weighted by atomic mass is 19.1. The molecular formula is C11H13FN4O4. The zero-order chi connectivity index (χ0) is 15.3. The lowest BCUT2D eigenvalue weighted by Crippen LogP contribution is -2.34. The molecule has 2 amide bonds. The van der Waals surface area contributed by atoms with E-state index in [9.17, 15) is 24.1 Å². The molecule has 20 heavy (non-hydrogen) atoms. The first-order valence-corrected chi connectivity index (χ1v) is 5.59. The van der Waals surface area contributed by atoms with Crippen molar-refractivity contribution in [1.82, 2.24) is 10.6 Å². The van der Waals surface area contributed by atoms with Crippen molar-refractivity contribution >= 4 is 23.2 Å². The smallest absolute Gasteiger partial charge is 0.285 e. The number of hydrogen-bond acceptors (Lipinski definition) is 5. The molecule has 0 aliphatic carbocycles. The van der Waals surface area contributed by atoms with Gasteiger partial charge in [0.1, 0.15) is 5.56 Å². The highest BCUT2D eigenvalue weighted by Crippen LogP contribution is 2.24. The van der Waals surface area contributed by atoms with Crippen LogP contribution in [0.25, 0.3) is 0 Å². The molecule has 1 aromatic carbocycles. The van der Waals surface area contributed by atoms with Gasteiger partial charge in [-0.3, -0.25) is 19.7 Å². The van der Waals surface area contributed by atoms with E-state index < -0.39 is 22.3 Å². The molecule has 0 aliphatic rings. The van der Waals surface area contributed by atoms with Gasteiger partial charge in [-0.05, 0) is 6.07 Å². The summed E-state index contributed by atoms with van der Waals surface area (Å²) in [5.74, 6) is -2.00. The van der Waals surface area contributed by atoms with Gasteiger partial charge in [-0.25, -0.2) is 4.39 Å². The number of carbonyl (C=O) groups is 2. The fraction of sp³-hybridized carbons (Fsp3) is 0.273. The van der Waals surface area contributed by atoms with Gasteiger partial charge in [-0.1, -0.05) is 0 Å². The monoisotopic (exact) mass is 284 g/mol. The van der Waals surface area contributed by atoms with Crippen molar-refractivity contribution in [3.8, 4) is 0 Å². The molecule has 8 nitrogen and oxygen atoms in total. The molecule has 1 rings (SSSR count). The minimum atomic E-state index is -0.966. The molecule has 0 fully saturated rings. The minimum absolute atomic E-state index is 0.0762. The van der Waals surface area contributed by atoms with E-state index in [4.69, 9.17) is 5.73 Å². The highest BCUT2D eigenvalue weighted by Gasteiger charge is 2.22. The first-order chi connectivity index (χ1) is 9.32. The second-order valence-electron chi connectivity index (χ2n) is 3.89. The van der Waals surface area contributed by atoms with Gasteiger partial charge in [0, 0.05) is 20.0 Å². The van der Waals surface area contributed by atoms with Gasteiger partial charge in [0.25, 0.3) is 11.6 Å². The number of anilines is 1. The molecule has 0 atom stereocenters. The number of nitro groups is 1. The van der Waals surface area contributed by atoms with Gasteiger partial charge in [-0.2, -0.15) is 0 Å². The number of rotatable bonds is 5. The first-order valence-electron chi connectivity index (χ1n) is 5.59. The van der Waals surface area contributed by atoms with E-state index in [-0.39, 0.29) is 30.2 Å². The fourth-order valence-corrected chi connectivity index (χ4v) is 1.42. The average molecular weight is 284 g/mol. The minimum Gasteiger partial charge on any atom is -0.396 e. The summed E-state index contributed by atoms with van der Waals surface area (Å²) in [7, 11) is 0. The zero-order valence-corrected chi connectivity index (χ0v) is 10.6. The molecule has 9 heteroatoms. The van der Waals surface area contributed by atoms with Crippen molar-refractivity contribution in [2.75, 3.05) is 18.8 Å². The lowest BCUT2D eigenvalue weighted by atomic mass is 10.1. The Hall–Kier alpha value is -2.71. The molecule has 0 heterocycles. The summed E-state index contributed by atoms with van der Waals surface area (Å²) < 4.78 is 13.2. The molecular weight excluding hydrogens is 271 g/mol. The largest absolute Gasteiger partial charge is 0.396 e. The Morgan fingerprint density at radius 3 is 2.50 bits per heavy atom. The molecule has 0 aromatic heterocycles. The lowest BCUT2D eigenvalue weighted by Gasteiger charge is -2.07. The van der Waals surface area contributed by atoms with E-state index in [0.717, 1.165) is 6.07 Å². The number of nitrogens with two attached hydrogens (primary N) is 1. The second-order valence-corrected chi connectivity index (χ2v) is 3.89. The summed E-state index contributed by atoms with van der Waals surface area (Å²) in [5, 5.41) is 15.6. The average Bonchev–Trinajstić information content (AvgIpc) is 2.36. The summed E-state index contributed by atoms with van der Waals surface area (Å²) in [4.78, 5) is 32.3. The Morgan fingerprint density at radius 1 is 1.35 bits per heavy atom. The van der Waals surface area contributed by atoms with Crippen LogP contribution in [0.3, 0.4) is 0 Å². The molecule has 0 saturated heterocycles. The van der Waals surface area contributed by atoms with Crippen LogP contribution in [-0.2, 0) is 4.79 Å². The van der Waals surface area contributed by atoms with E-state index in [1.165, 1.54) is 6.92 Å². The van der Waals surface area contributed by atoms with Crippen molar-refractivity contribution in [3.63, 3.8) is 0 Å². The van der Waals surface area contributed by atoms with Gasteiger partial charge in [0.15, 0.2) is 5.82 Å². The number of nitrogen functional groups attached to an aromatic ring is 1. The molecule has 0 bridgehead atoms. The van der Waals surface area contributed by atoms with E-state index >= 15 is 0 Å². The van der Waals surface area contributed by atoms with E-state index in [0.29, 0.717) is 6.07 Å². The standard InChI is InChI=1S/C11H13FN4O4/c1-6(17)14-2-3-15-11(18)7-4-9(13)8(12)5-10(7)16(19)20/h4-5H,2-3,13H2,1H3,(H,14,17)(H,15,18). The van der Waals surface area contributed by atoms with Crippen LogP contribution in [0.2, 0.25) is 0 Å². The fourth-order valence-electron chi connectivity index (χ4n) is 1.42. The number of benzene rings is 1. The summed E-state index contributed by atoms with van der Waals surface area (Å²) in [6.45, 7) is 1.56. The number of carbonyl (C=O) groups excluding carboxylic acids is 2. The van der Waals surface area contributed by atoms with Gasteiger partial charge in [-0.15, -0.1) is 0 Å². The predicted octanol–water partition coefficient (Wildman–Crippen LogP) is 0.182. The lowest BCUT2D eigenvalue weighted by molar-refractivity contribution is -0.385. The third kappa shape index (κ3) is 3.90. The number of nitrogens with zero attached hydrogens (tertiary/aromatic N) is 1. The maximum atomic E-state index is 13.2. The molecule has 0 unspecified atom stereocenters. The third-order valence-corrected chi connectivity index (χ3v) is 2.34. The maximum absolute atomic E-state index is 13.2. The molecule has 108 valence electrons. The van der Waals surface area contributed by atoms with Crippen LogP contribution in [0.4, 0.5) is 15.8 Å². The quantitative estimate of drug-likeness (QED) is 0.307. The van der Waals surface area contributed by atoms with Crippen molar-refractivity contribution in [3.05, 3.63) is 33.6 Å². The summed E-state index contributed by atoms with van der Waals surface area (Å²) in [5.41, 5.74) is 3.92. The van der Waals surface area contributed by atoms with E-state index in [1.807, 2.05) is 0 Å². The molecule has 0 aliphatic heterocycles.